The van der Waals surface area contributed by atoms with Gasteiger partial charge in [-0.25, -0.2) is 14.4 Å². The van der Waals surface area contributed by atoms with Crippen LogP contribution in [-0.4, -0.2) is 50.3 Å². The van der Waals surface area contributed by atoms with Gasteiger partial charge in [0.05, 0.1) is 32.3 Å². The van der Waals surface area contributed by atoms with Crippen LogP contribution in [0.25, 0.3) is 11.1 Å². The summed E-state index contributed by atoms with van der Waals surface area (Å²) in [6.07, 6.45) is 9.50. The molecule has 0 N–H and O–H groups in total. The van der Waals surface area contributed by atoms with Gasteiger partial charge in [-0.2, -0.15) is 0 Å². The fraction of sp³-hybridized carbons (Fsp3) is 0.246. The summed E-state index contributed by atoms with van der Waals surface area (Å²) in [6.45, 7) is 15.5. The molecular formula is C61H64N2O8. The summed E-state index contributed by atoms with van der Waals surface area (Å²) in [7, 11) is 0. The van der Waals surface area contributed by atoms with Gasteiger partial charge >= 0.3 is 23.9 Å². The Bertz CT molecular complexity index is 2600. The molecule has 0 amide bonds. The summed E-state index contributed by atoms with van der Waals surface area (Å²) in [4.78, 5) is 50.9. The zero-order valence-corrected chi connectivity index (χ0v) is 40.9. The number of carbonyl (C=O) groups is 4. The molecule has 0 bridgehead atoms. The van der Waals surface area contributed by atoms with Crippen molar-refractivity contribution in [2.75, 3.05) is 36.2 Å². The first-order valence-corrected chi connectivity index (χ1v) is 24.3. The number of carbonyl (C=O) groups excluding carboxylic acids is 4. The van der Waals surface area contributed by atoms with Crippen molar-refractivity contribution in [1.82, 2.24) is 0 Å². The lowest BCUT2D eigenvalue weighted by atomic mass is 10.0. The van der Waals surface area contributed by atoms with Crippen LogP contribution in [0.15, 0.2) is 184 Å². The van der Waals surface area contributed by atoms with Crippen LogP contribution in [0.3, 0.4) is 0 Å². The largest absolute Gasteiger partial charge is 0.465 e. The molecule has 71 heavy (non-hydrogen) atoms. The van der Waals surface area contributed by atoms with Crippen molar-refractivity contribution in [3.05, 3.63) is 206 Å². The van der Waals surface area contributed by atoms with E-state index in [9.17, 15) is 19.2 Å². The first-order valence-electron chi connectivity index (χ1n) is 24.3. The SMILES string of the molecule is C=CC(=O)OCCCc1ccc(N(c2ccc(CCCOC(=O)C=C)cc2)c2ccc(-c3ccc(N(c4ccc(CCCOC(=O)C=C)cc4)c4ccc(CCCOC(=O)C(C)C)cc4)cc3)cc2)cc1. The van der Waals surface area contributed by atoms with E-state index in [2.05, 4.69) is 175 Å². The lowest BCUT2D eigenvalue weighted by Crippen LogP contribution is -2.12. The normalized spacial score (nSPS) is 10.7. The third-order valence-corrected chi connectivity index (χ3v) is 11.8. The minimum Gasteiger partial charge on any atom is -0.465 e. The standard InChI is InChI=1S/C61H64N2O8/c1-6-58(64)68-41-9-13-46-17-29-52(30-18-46)62(53-31-19-47(20-32-53)14-10-42-69-59(65)7-2)56-37-25-50(26-38-56)51-27-39-57(40-28-51)63(54-33-21-48(22-34-54)15-11-43-70-60(66)8-3)55-35-23-49(24-36-55)16-12-44-71-61(67)45(4)5/h6-8,17-40,45H,1-3,9-16,41-44H2,4-5H3. The highest BCUT2D eigenvalue weighted by Crippen LogP contribution is 2.38. The Morgan fingerprint density at radius 3 is 0.831 bits per heavy atom. The van der Waals surface area contributed by atoms with E-state index in [-0.39, 0.29) is 11.9 Å². The molecule has 0 spiro atoms. The van der Waals surface area contributed by atoms with E-state index in [1.165, 1.54) is 18.2 Å². The number of hydrogen-bond acceptors (Lipinski definition) is 10. The van der Waals surface area contributed by atoms with Crippen LogP contribution in [0.2, 0.25) is 0 Å². The molecule has 6 aromatic rings. The van der Waals surface area contributed by atoms with Gasteiger partial charge in [-0.15, -0.1) is 0 Å². The van der Waals surface area contributed by atoms with Crippen LogP contribution >= 0.6 is 0 Å². The maximum Gasteiger partial charge on any atom is 0.330 e. The first kappa shape index (κ1) is 52.4. The van der Waals surface area contributed by atoms with E-state index in [1.54, 1.807) is 0 Å². The Balaban J connectivity index is 1.22. The number of ether oxygens (including phenoxy) is 4. The smallest absolute Gasteiger partial charge is 0.330 e. The average Bonchev–Trinajstić information content (AvgIpc) is 3.40. The summed E-state index contributed by atoms with van der Waals surface area (Å²) in [6, 6.07) is 51.1. The number of rotatable bonds is 27. The van der Waals surface area contributed by atoms with Gasteiger partial charge in [0.2, 0.25) is 0 Å². The third kappa shape index (κ3) is 16.0. The highest BCUT2D eigenvalue weighted by Gasteiger charge is 2.16. The Morgan fingerprint density at radius 2 is 0.606 bits per heavy atom. The molecule has 6 rings (SSSR count). The number of benzene rings is 6. The topological polar surface area (TPSA) is 112 Å². The van der Waals surface area contributed by atoms with Crippen LogP contribution < -0.4 is 9.80 Å². The molecule has 0 fully saturated rings. The van der Waals surface area contributed by atoms with E-state index < -0.39 is 17.9 Å². The summed E-state index contributed by atoms with van der Waals surface area (Å²) >= 11 is 0. The summed E-state index contributed by atoms with van der Waals surface area (Å²) in [5.74, 6) is -1.57. The molecule has 0 radical (unpaired) electrons. The zero-order valence-electron chi connectivity index (χ0n) is 40.9. The van der Waals surface area contributed by atoms with Gasteiger partial charge in [-0.1, -0.05) is 106 Å². The summed E-state index contributed by atoms with van der Waals surface area (Å²) in [5, 5.41) is 0. The first-order chi connectivity index (χ1) is 34.5. The van der Waals surface area contributed by atoms with E-state index in [4.69, 9.17) is 18.9 Å². The quantitative estimate of drug-likeness (QED) is 0.0214. The van der Waals surface area contributed by atoms with Crippen LogP contribution in [0.5, 0.6) is 0 Å². The van der Waals surface area contributed by atoms with Crippen molar-refractivity contribution in [3.8, 4) is 11.1 Å². The molecule has 0 unspecified atom stereocenters. The molecule has 366 valence electrons. The Hall–Kier alpha value is -7.98. The van der Waals surface area contributed by atoms with Crippen LogP contribution in [0, 0.1) is 5.92 Å². The van der Waals surface area contributed by atoms with Gasteiger partial charge in [-0.3, -0.25) is 4.79 Å². The Kier molecular flexibility index (Phi) is 20.1. The van der Waals surface area contributed by atoms with Crippen LogP contribution in [-0.2, 0) is 63.8 Å². The number of nitrogens with zero attached hydrogens (tertiary/aromatic N) is 2. The monoisotopic (exact) mass is 952 g/mol. The van der Waals surface area contributed by atoms with Crippen LogP contribution in [0.1, 0.15) is 61.8 Å². The van der Waals surface area contributed by atoms with Gasteiger partial charge in [0.1, 0.15) is 0 Å². The predicted molar refractivity (Wildman–Crippen MR) is 284 cm³/mol. The molecule has 6 aromatic carbocycles. The molecule has 0 aliphatic carbocycles. The second-order valence-corrected chi connectivity index (χ2v) is 17.3. The zero-order chi connectivity index (χ0) is 50.4. The lowest BCUT2D eigenvalue weighted by molar-refractivity contribution is -0.147. The number of hydrogen-bond donors (Lipinski definition) is 0. The molecule has 10 heteroatoms. The highest BCUT2D eigenvalue weighted by atomic mass is 16.5. The van der Waals surface area contributed by atoms with Crippen molar-refractivity contribution in [2.24, 2.45) is 5.92 Å². The molecular weight excluding hydrogens is 889 g/mol. The van der Waals surface area contributed by atoms with E-state index in [1.807, 2.05) is 13.8 Å². The second-order valence-electron chi connectivity index (χ2n) is 17.3. The fourth-order valence-electron chi connectivity index (χ4n) is 7.89. The average molecular weight is 953 g/mol. The van der Waals surface area contributed by atoms with Gasteiger partial charge in [0, 0.05) is 52.4 Å². The number of aryl methyl sites for hydroxylation is 4. The lowest BCUT2D eigenvalue weighted by Gasteiger charge is -2.27. The predicted octanol–water partition coefficient (Wildman–Crippen LogP) is 13.4. The van der Waals surface area contributed by atoms with Crippen molar-refractivity contribution < 1.29 is 38.1 Å². The van der Waals surface area contributed by atoms with Gasteiger partial charge in [0.15, 0.2) is 0 Å². The molecule has 0 aromatic heterocycles. The van der Waals surface area contributed by atoms with Crippen molar-refractivity contribution in [3.63, 3.8) is 0 Å². The van der Waals surface area contributed by atoms with Crippen LogP contribution in [0.4, 0.5) is 34.1 Å². The van der Waals surface area contributed by atoms with Crippen molar-refractivity contribution >= 4 is 58.0 Å². The molecule has 0 aliphatic rings. The number of esters is 4. The molecule has 10 nitrogen and oxygen atoms in total. The summed E-state index contributed by atoms with van der Waals surface area (Å²) in [5.41, 5.74) is 12.7. The van der Waals surface area contributed by atoms with E-state index in [0.29, 0.717) is 45.7 Å². The molecule has 0 heterocycles. The molecule has 0 atom stereocenters. The Morgan fingerprint density at radius 1 is 0.380 bits per heavy atom. The highest BCUT2D eigenvalue weighted by molar-refractivity contribution is 5.83. The maximum atomic E-state index is 11.9. The molecule has 0 saturated heterocycles. The molecule has 0 aliphatic heterocycles. The summed E-state index contributed by atoms with van der Waals surface area (Å²) < 4.78 is 20.9. The van der Waals surface area contributed by atoms with E-state index in [0.717, 1.165) is 99.6 Å². The minimum absolute atomic E-state index is 0.143. The van der Waals surface area contributed by atoms with Gasteiger partial charge < -0.3 is 28.7 Å². The van der Waals surface area contributed by atoms with Crippen molar-refractivity contribution in [1.29, 1.82) is 0 Å². The van der Waals surface area contributed by atoms with Gasteiger partial charge in [0.25, 0.3) is 0 Å². The third-order valence-electron chi connectivity index (χ3n) is 11.8. The van der Waals surface area contributed by atoms with Gasteiger partial charge in [-0.05, 0) is 158 Å². The Labute approximate surface area is 418 Å². The number of anilines is 6. The van der Waals surface area contributed by atoms with E-state index >= 15 is 0 Å². The van der Waals surface area contributed by atoms with Crippen molar-refractivity contribution in [2.45, 2.75) is 65.2 Å². The second kappa shape index (κ2) is 27.3. The minimum atomic E-state index is -0.416. The fourth-order valence-corrected chi connectivity index (χ4v) is 7.89. The maximum absolute atomic E-state index is 11.9. The molecule has 0 saturated carbocycles.